The predicted octanol–water partition coefficient (Wildman–Crippen LogP) is 11.6. The quantitative estimate of drug-likeness (QED) is 0.119. The Morgan fingerprint density at radius 1 is 0.467 bits per heavy atom. The Bertz CT molecular complexity index is 2020. The summed E-state index contributed by atoms with van der Waals surface area (Å²) in [5, 5.41) is 0. The zero-order valence-corrected chi connectivity index (χ0v) is 27.8. The molecule has 0 aliphatic heterocycles. The first-order chi connectivity index (χ1) is 22.2. The van der Waals surface area contributed by atoms with Gasteiger partial charge < -0.3 is 0 Å². The molecule has 1 atom stereocenters. The predicted molar refractivity (Wildman–Crippen MR) is 188 cm³/mol. The zero-order chi connectivity index (χ0) is 30.6. The molecule has 7 rings (SSSR count). The maximum absolute atomic E-state index is 2.43. The molecule has 0 spiro atoms. The fraction of sp³-hybridized carbons (Fsp3) is 0.0455. The van der Waals surface area contributed by atoms with Gasteiger partial charge >= 0.3 is 284 Å². The molecular weight excluding hydrogens is 620 g/mol. The van der Waals surface area contributed by atoms with Crippen LogP contribution in [-0.2, 0) is 24.7 Å². The van der Waals surface area contributed by atoms with Gasteiger partial charge in [-0.05, 0) is 0 Å². The van der Waals surface area contributed by atoms with Gasteiger partial charge in [0.2, 0.25) is 0 Å². The molecule has 6 aromatic rings. The van der Waals surface area contributed by atoms with Crippen LogP contribution in [0.25, 0.3) is 37.2 Å². The van der Waals surface area contributed by atoms with Crippen LogP contribution in [-0.4, -0.2) is 0 Å². The van der Waals surface area contributed by atoms with E-state index in [1.807, 2.05) is 0 Å². The van der Waals surface area contributed by atoms with E-state index in [9.17, 15) is 0 Å². The van der Waals surface area contributed by atoms with Crippen LogP contribution in [0.4, 0.5) is 0 Å². The normalized spacial score (nSPS) is 15.0. The van der Waals surface area contributed by atoms with Crippen LogP contribution < -0.4 is 0 Å². The van der Waals surface area contributed by atoms with Gasteiger partial charge in [0.05, 0.1) is 0 Å². The van der Waals surface area contributed by atoms with Crippen LogP contribution in [0.1, 0.15) is 46.2 Å². The summed E-state index contributed by atoms with van der Waals surface area (Å²) in [4.78, 5) is 0. The van der Waals surface area contributed by atoms with E-state index in [0.29, 0.717) is 0 Å². The molecule has 0 amide bonds. The van der Waals surface area contributed by atoms with Crippen molar-refractivity contribution in [1.82, 2.24) is 0 Å². The standard InChI is InChI=1S/C44H33.Zr/c1-32-30-41-38(34-20-9-3-10-21-34)28-17-29-39(41)42(32)44(37-26-15-6-16-27-37)43(36-24-13-5-14-25-36)40(35-22-11-4-12-23-35)31-33-18-7-2-8-19-33;/h2-30,42H,1H3;. The molecule has 0 saturated heterocycles. The van der Waals surface area contributed by atoms with Crippen LogP contribution in [0.3, 0.4) is 0 Å². The number of benzene rings is 6. The first-order valence-corrected chi connectivity index (χ1v) is 16.7. The van der Waals surface area contributed by atoms with Gasteiger partial charge in [0.1, 0.15) is 0 Å². The van der Waals surface area contributed by atoms with Crippen molar-refractivity contribution >= 4 is 26.1 Å². The second-order valence-electron chi connectivity index (χ2n) is 11.5. The molecule has 1 aliphatic carbocycles. The van der Waals surface area contributed by atoms with Gasteiger partial charge in [-0.3, -0.25) is 0 Å². The van der Waals surface area contributed by atoms with Gasteiger partial charge in [-0.1, -0.05) is 0 Å². The van der Waals surface area contributed by atoms with Gasteiger partial charge in [0.15, 0.2) is 0 Å². The molecule has 0 nitrogen and oxygen atoms in total. The third-order valence-corrected chi connectivity index (χ3v) is 10.0. The molecule has 1 heteroatoms. The summed E-state index contributed by atoms with van der Waals surface area (Å²) in [7, 11) is 0. The molecule has 45 heavy (non-hydrogen) atoms. The van der Waals surface area contributed by atoms with Crippen molar-refractivity contribution in [3.05, 3.63) is 209 Å². The molecule has 0 radical (unpaired) electrons. The van der Waals surface area contributed by atoms with Gasteiger partial charge in [-0.25, -0.2) is 0 Å². The van der Waals surface area contributed by atoms with Gasteiger partial charge in [0.25, 0.3) is 0 Å². The molecule has 0 bridgehead atoms. The van der Waals surface area contributed by atoms with Gasteiger partial charge in [-0.2, -0.15) is 0 Å². The van der Waals surface area contributed by atoms with E-state index < -0.39 is 0 Å². The summed E-state index contributed by atoms with van der Waals surface area (Å²) < 4.78 is 1.35. The van der Waals surface area contributed by atoms with E-state index >= 15 is 0 Å². The average molecular weight is 653 g/mol. The average Bonchev–Trinajstić information content (AvgIpc) is 3.45. The van der Waals surface area contributed by atoms with E-state index in [-0.39, 0.29) is 5.92 Å². The second kappa shape index (κ2) is 13.2. The first kappa shape index (κ1) is 29.2. The molecule has 1 aliphatic rings. The molecule has 0 N–H and O–H groups in total. The fourth-order valence-corrected chi connectivity index (χ4v) is 7.76. The molecule has 1 unspecified atom stereocenters. The van der Waals surface area contributed by atoms with Crippen LogP contribution in [0.15, 0.2) is 175 Å². The molecule has 0 fully saturated rings. The Hall–Kier alpha value is -4.58. The Morgan fingerprint density at radius 3 is 1.49 bits per heavy atom. The summed E-state index contributed by atoms with van der Waals surface area (Å²) >= 11 is 1.38. The molecule has 0 heterocycles. The minimum absolute atomic E-state index is 0.0966. The minimum atomic E-state index is 0.0966. The number of rotatable bonds is 7. The van der Waals surface area contributed by atoms with Crippen molar-refractivity contribution in [3.63, 3.8) is 0 Å². The van der Waals surface area contributed by atoms with Crippen LogP contribution in [0, 0.1) is 0 Å². The molecule has 0 saturated carbocycles. The van der Waals surface area contributed by atoms with Crippen molar-refractivity contribution in [2.75, 3.05) is 0 Å². The summed E-state index contributed by atoms with van der Waals surface area (Å²) in [6, 6.07) is 61.6. The number of hydrogen-bond donors (Lipinski definition) is 0. The number of fused-ring (bicyclic) bond motifs is 1. The summed E-state index contributed by atoms with van der Waals surface area (Å²) in [5.74, 6) is 0.0966. The van der Waals surface area contributed by atoms with Crippen molar-refractivity contribution in [2.45, 2.75) is 12.8 Å². The van der Waals surface area contributed by atoms with E-state index in [1.165, 1.54) is 94.8 Å². The van der Waals surface area contributed by atoms with Crippen LogP contribution in [0.2, 0.25) is 0 Å². The Balaban J connectivity index is 1.61. The molecular formula is C44H33Zr. The topological polar surface area (TPSA) is 0 Å². The maximum atomic E-state index is 2.43. The van der Waals surface area contributed by atoms with E-state index in [0.717, 1.165) is 0 Å². The Morgan fingerprint density at radius 2 is 0.933 bits per heavy atom. The van der Waals surface area contributed by atoms with Gasteiger partial charge in [-0.15, -0.1) is 0 Å². The molecule has 213 valence electrons. The zero-order valence-electron chi connectivity index (χ0n) is 25.3. The van der Waals surface area contributed by atoms with Crippen molar-refractivity contribution in [2.24, 2.45) is 0 Å². The van der Waals surface area contributed by atoms with E-state index in [4.69, 9.17) is 0 Å². The van der Waals surface area contributed by atoms with Crippen molar-refractivity contribution in [1.29, 1.82) is 0 Å². The monoisotopic (exact) mass is 651 g/mol. The molecule has 0 aromatic heterocycles. The Labute approximate surface area is 282 Å². The first-order valence-electron chi connectivity index (χ1n) is 15.5. The van der Waals surface area contributed by atoms with Gasteiger partial charge in [0, 0.05) is 0 Å². The van der Waals surface area contributed by atoms with Crippen molar-refractivity contribution in [3.8, 4) is 11.1 Å². The molecule has 6 aromatic carbocycles. The third-order valence-electron chi connectivity index (χ3n) is 8.69. The summed E-state index contributed by atoms with van der Waals surface area (Å²) in [6.07, 6.45) is 2.43. The summed E-state index contributed by atoms with van der Waals surface area (Å²) in [5.41, 5.74) is 15.5. The summed E-state index contributed by atoms with van der Waals surface area (Å²) in [6.45, 7) is 2.31. The van der Waals surface area contributed by atoms with E-state index in [1.54, 1.807) is 0 Å². The van der Waals surface area contributed by atoms with Crippen molar-refractivity contribution < 1.29 is 24.7 Å². The Kier molecular flexibility index (Phi) is 8.55. The second-order valence-corrected chi connectivity index (χ2v) is 12.7. The van der Waals surface area contributed by atoms with Crippen LogP contribution >= 0.6 is 0 Å². The SMILES string of the molecule is CC1=Cc2c(-c3ccccc3)cccc2C1C(=C(C(=[C]([Zr])c1ccccc1)c1ccccc1)c1ccccc1)c1ccccc1. The number of allylic oxidation sites excluding steroid dienone is 4. The number of hydrogen-bond acceptors (Lipinski definition) is 0. The third kappa shape index (κ3) is 5.82. The fourth-order valence-electron chi connectivity index (χ4n) is 6.68. The van der Waals surface area contributed by atoms with Crippen LogP contribution in [0.5, 0.6) is 0 Å². The van der Waals surface area contributed by atoms with E-state index in [2.05, 4.69) is 183 Å².